The SMILES string of the molecule is CCCc1ccc(OCCC(=O)OC(C)(C)C)cc1. The molecular formula is C16H24O3. The zero-order valence-corrected chi connectivity index (χ0v) is 12.4. The molecule has 3 nitrogen and oxygen atoms in total. The maximum Gasteiger partial charge on any atom is 0.309 e. The van der Waals surface area contributed by atoms with E-state index in [-0.39, 0.29) is 12.4 Å². The van der Waals surface area contributed by atoms with Gasteiger partial charge in [-0.05, 0) is 44.9 Å². The Bertz CT molecular complexity index is 387. The second kappa shape index (κ2) is 7.17. The second-order valence-corrected chi connectivity index (χ2v) is 5.58. The maximum atomic E-state index is 11.5. The van der Waals surface area contributed by atoms with Crippen molar-refractivity contribution in [2.45, 2.75) is 52.6 Å². The quantitative estimate of drug-likeness (QED) is 0.734. The monoisotopic (exact) mass is 264 g/mol. The summed E-state index contributed by atoms with van der Waals surface area (Å²) in [7, 11) is 0. The van der Waals surface area contributed by atoms with Crippen LogP contribution in [0.15, 0.2) is 24.3 Å². The summed E-state index contributed by atoms with van der Waals surface area (Å²) >= 11 is 0. The first-order valence-corrected chi connectivity index (χ1v) is 6.84. The topological polar surface area (TPSA) is 35.5 Å². The molecule has 0 N–H and O–H groups in total. The third-order valence-electron chi connectivity index (χ3n) is 2.46. The van der Waals surface area contributed by atoms with E-state index in [0.29, 0.717) is 6.61 Å². The van der Waals surface area contributed by atoms with Crippen LogP contribution in [-0.4, -0.2) is 18.2 Å². The zero-order chi connectivity index (χ0) is 14.3. The Hall–Kier alpha value is -1.51. The van der Waals surface area contributed by atoms with Crippen molar-refractivity contribution in [3.63, 3.8) is 0 Å². The summed E-state index contributed by atoms with van der Waals surface area (Å²) in [5.41, 5.74) is 0.876. The molecule has 0 aliphatic carbocycles. The molecule has 1 aromatic rings. The van der Waals surface area contributed by atoms with Crippen LogP contribution in [0.2, 0.25) is 0 Å². The van der Waals surface area contributed by atoms with Crippen LogP contribution in [0.3, 0.4) is 0 Å². The van der Waals surface area contributed by atoms with Gasteiger partial charge in [-0.3, -0.25) is 4.79 Å². The van der Waals surface area contributed by atoms with Crippen LogP contribution in [0.25, 0.3) is 0 Å². The van der Waals surface area contributed by atoms with Crippen LogP contribution in [0, 0.1) is 0 Å². The van der Waals surface area contributed by atoms with Crippen LogP contribution in [0.4, 0.5) is 0 Å². The van der Waals surface area contributed by atoms with E-state index in [1.807, 2.05) is 32.9 Å². The minimum Gasteiger partial charge on any atom is -0.493 e. The summed E-state index contributed by atoms with van der Waals surface area (Å²) in [5.74, 6) is 0.568. The maximum absolute atomic E-state index is 11.5. The van der Waals surface area contributed by atoms with Gasteiger partial charge in [0.15, 0.2) is 0 Å². The number of esters is 1. The molecule has 0 saturated heterocycles. The van der Waals surface area contributed by atoms with Gasteiger partial charge in [-0.1, -0.05) is 25.5 Å². The van der Waals surface area contributed by atoms with Crippen LogP contribution in [0.1, 0.15) is 46.1 Å². The van der Waals surface area contributed by atoms with Gasteiger partial charge in [-0.15, -0.1) is 0 Å². The van der Waals surface area contributed by atoms with Gasteiger partial charge < -0.3 is 9.47 Å². The lowest BCUT2D eigenvalue weighted by Crippen LogP contribution is -2.24. The molecule has 0 saturated carbocycles. The molecule has 0 heterocycles. The normalized spacial score (nSPS) is 11.2. The number of benzene rings is 1. The molecule has 106 valence electrons. The van der Waals surface area contributed by atoms with Crippen molar-refractivity contribution in [3.8, 4) is 5.75 Å². The van der Waals surface area contributed by atoms with E-state index in [2.05, 4.69) is 19.1 Å². The lowest BCUT2D eigenvalue weighted by atomic mass is 10.1. The smallest absolute Gasteiger partial charge is 0.309 e. The van der Waals surface area contributed by atoms with E-state index < -0.39 is 5.60 Å². The molecule has 0 spiro atoms. The van der Waals surface area contributed by atoms with Crippen molar-refractivity contribution in [1.82, 2.24) is 0 Å². The first-order valence-electron chi connectivity index (χ1n) is 6.84. The number of rotatable bonds is 6. The summed E-state index contributed by atoms with van der Waals surface area (Å²) in [6.07, 6.45) is 2.49. The van der Waals surface area contributed by atoms with E-state index in [1.54, 1.807) is 0 Å². The molecule has 19 heavy (non-hydrogen) atoms. The number of carbonyl (C=O) groups is 1. The van der Waals surface area contributed by atoms with Crippen molar-refractivity contribution in [2.75, 3.05) is 6.61 Å². The Morgan fingerprint density at radius 2 is 1.79 bits per heavy atom. The minimum absolute atomic E-state index is 0.227. The van der Waals surface area contributed by atoms with Crippen LogP contribution in [0.5, 0.6) is 5.75 Å². The van der Waals surface area contributed by atoms with Gasteiger partial charge in [0.25, 0.3) is 0 Å². The Kier molecular flexibility index (Phi) is 5.87. The van der Waals surface area contributed by atoms with Gasteiger partial charge in [0.2, 0.25) is 0 Å². The van der Waals surface area contributed by atoms with Gasteiger partial charge in [0, 0.05) is 0 Å². The van der Waals surface area contributed by atoms with Gasteiger partial charge in [0.1, 0.15) is 11.4 Å². The number of hydrogen-bond acceptors (Lipinski definition) is 3. The standard InChI is InChI=1S/C16H24O3/c1-5-6-13-7-9-14(10-8-13)18-12-11-15(17)19-16(2,3)4/h7-10H,5-6,11-12H2,1-4H3. The average molecular weight is 264 g/mol. The van der Waals surface area contributed by atoms with Crippen molar-refractivity contribution in [3.05, 3.63) is 29.8 Å². The molecule has 3 heteroatoms. The largest absolute Gasteiger partial charge is 0.493 e. The summed E-state index contributed by atoms with van der Waals surface area (Å²) < 4.78 is 10.7. The molecular weight excluding hydrogens is 240 g/mol. The Balaban J connectivity index is 2.31. The molecule has 1 aromatic carbocycles. The van der Waals surface area contributed by atoms with E-state index >= 15 is 0 Å². The predicted octanol–water partition coefficient (Wildman–Crippen LogP) is 3.75. The molecule has 0 bridgehead atoms. The Labute approximate surface area is 115 Å². The summed E-state index contributed by atoms with van der Waals surface area (Å²) in [4.78, 5) is 11.5. The summed E-state index contributed by atoms with van der Waals surface area (Å²) in [5, 5.41) is 0. The third kappa shape index (κ3) is 6.85. The molecule has 0 radical (unpaired) electrons. The van der Waals surface area contributed by atoms with Gasteiger partial charge >= 0.3 is 5.97 Å². The molecule has 1 rings (SSSR count). The van der Waals surface area contributed by atoms with Gasteiger partial charge in [-0.25, -0.2) is 0 Å². The molecule has 0 amide bonds. The highest BCUT2D eigenvalue weighted by Gasteiger charge is 2.15. The van der Waals surface area contributed by atoms with E-state index in [0.717, 1.165) is 18.6 Å². The van der Waals surface area contributed by atoms with Crippen molar-refractivity contribution >= 4 is 5.97 Å². The fourth-order valence-electron chi connectivity index (χ4n) is 1.69. The molecule has 0 aliphatic heterocycles. The van der Waals surface area contributed by atoms with Crippen LogP contribution >= 0.6 is 0 Å². The third-order valence-corrected chi connectivity index (χ3v) is 2.46. The van der Waals surface area contributed by atoms with Crippen molar-refractivity contribution in [1.29, 1.82) is 0 Å². The average Bonchev–Trinajstić information content (AvgIpc) is 2.29. The van der Waals surface area contributed by atoms with Crippen molar-refractivity contribution < 1.29 is 14.3 Å². The van der Waals surface area contributed by atoms with Gasteiger partial charge in [0.05, 0.1) is 13.0 Å². The number of aryl methyl sites for hydroxylation is 1. The molecule has 0 fully saturated rings. The summed E-state index contributed by atoms with van der Waals surface area (Å²) in [6.45, 7) is 8.09. The van der Waals surface area contributed by atoms with E-state index in [9.17, 15) is 4.79 Å². The number of ether oxygens (including phenoxy) is 2. The lowest BCUT2D eigenvalue weighted by Gasteiger charge is -2.19. The second-order valence-electron chi connectivity index (χ2n) is 5.58. The minimum atomic E-state index is -0.432. The lowest BCUT2D eigenvalue weighted by molar-refractivity contribution is -0.155. The number of carbonyl (C=O) groups excluding carboxylic acids is 1. The molecule has 0 atom stereocenters. The first kappa shape index (κ1) is 15.5. The number of hydrogen-bond donors (Lipinski definition) is 0. The summed E-state index contributed by atoms with van der Waals surface area (Å²) in [6, 6.07) is 8.01. The Morgan fingerprint density at radius 3 is 2.32 bits per heavy atom. The fraction of sp³-hybridized carbons (Fsp3) is 0.562. The highest BCUT2D eigenvalue weighted by Crippen LogP contribution is 2.14. The predicted molar refractivity (Wildman–Crippen MR) is 76.4 cm³/mol. The fourth-order valence-corrected chi connectivity index (χ4v) is 1.69. The zero-order valence-electron chi connectivity index (χ0n) is 12.4. The van der Waals surface area contributed by atoms with E-state index in [1.165, 1.54) is 5.56 Å². The van der Waals surface area contributed by atoms with Crippen LogP contribution < -0.4 is 4.74 Å². The van der Waals surface area contributed by atoms with E-state index in [4.69, 9.17) is 9.47 Å². The molecule has 0 aliphatic rings. The Morgan fingerprint density at radius 1 is 1.16 bits per heavy atom. The van der Waals surface area contributed by atoms with Gasteiger partial charge in [-0.2, -0.15) is 0 Å². The molecule has 0 unspecified atom stereocenters. The molecule has 0 aromatic heterocycles. The highest BCUT2D eigenvalue weighted by molar-refractivity contribution is 5.69. The van der Waals surface area contributed by atoms with Crippen molar-refractivity contribution in [2.24, 2.45) is 0 Å². The first-order chi connectivity index (χ1) is 8.90. The highest BCUT2D eigenvalue weighted by atomic mass is 16.6. The van der Waals surface area contributed by atoms with Crippen LogP contribution in [-0.2, 0) is 16.0 Å².